The van der Waals surface area contributed by atoms with Gasteiger partial charge in [-0.1, -0.05) is 48.5 Å². The Balaban J connectivity index is 1.45. The lowest BCUT2D eigenvalue weighted by Crippen LogP contribution is -2.29. The third-order valence-corrected chi connectivity index (χ3v) is 6.49. The van der Waals surface area contributed by atoms with Crippen molar-refractivity contribution in [1.29, 1.82) is 0 Å². The molecule has 214 valence electrons. The van der Waals surface area contributed by atoms with E-state index < -0.39 is 5.97 Å². The number of carboxylic acids is 1. The summed E-state index contributed by atoms with van der Waals surface area (Å²) < 4.78 is 12.1. The zero-order valence-corrected chi connectivity index (χ0v) is 23.7. The van der Waals surface area contributed by atoms with E-state index in [1.807, 2.05) is 69.3 Å². The predicted octanol–water partition coefficient (Wildman–Crippen LogP) is 6.30. The molecule has 0 aliphatic heterocycles. The number of hydrogen-bond acceptors (Lipinski definition) is 7. The van der Waals surface area contributed by atoms with Crippen LogP contribution in [0.3, 0.4) is 0 Å². The van der Waals surface area contributed by atoms with Crippen LogP contribution < -0.4 is 4.74 Å². The highest BCUT2D eigenvalue weighted by molar-refractivity contribution is 5.70. The van der Waals surface area contributed by atoms with Crippen LogP contribution in [0.15, 0.2) is 77.2 Å². The molecule has 0 aliphatic rings. The average molecular weight is 557 g/mol. The number of benzene rings is 3. The number of ether oxygens (including phenoxy) is 1. The average Bonchev–Trinajstić information content (AvgIpc) is 3.33. The van der Waals surface area contributed by atoms with E-state index in [-0.39, 0.29) is 19.1 Å². The first kappa shape index (κ1) is 29.7. The molecule has 41 heavy (non-hydrogen) atoms. The van der Waals surface area contributed by atoms with Crippen LogP contribution in [0.25, 0.3) is 22.6 Å². The van der Waals surface area contributed by atoms with Gasteiger partial charge in [-0.2, -0.15) is 5.06 Å². The molecule has 0 amide bonds. The van der Waals surface area contributed by atoms with E-state index >= 15 is 0 Å². The summed E-state index contributed by atoms with van der Waals surface area (Å²) >= 11 is 0. The number of aryl methyl sites for hydroxylation is 2. The lowest BCUT2D eigenvalue weighted by Gasteiger charge is -2.23. The molecule has 0 saturated carbocycles. The summed E-state index contributed by atoms with van der Waals surface area (Å²) in [6, 6.07) is 23.9. The molecule has 0 fully saturated rings. The van der Waals surface area contributed by atoms with Crippen LogP contribution >= 0.6 is 0 Å². The smallest absolute Gasteiger partial charge is 0.303 e. The molecule has 8 heteroatoms. The zero-order chi connectivity index (χ0) is 29.2. The molecule has 4 rings (SSSR count). The van der Waals surface area contributed by atoms with Gasteiger partial charge in [0.1, 0.15) is 17.8 Å². The first-order valence-electron chi connectivity index (χ1n) is 13.8. The Kier molecular flexibility index (Phi) is 10.4. The first-order chi connectivity index (χ1) is 19.8. The van der Waals surface area contributed by atoms with Crippen molar-refractivity contribution in [3.05, 3.63) is 95.4 Å². The number of carbonyl (C=O) groups excluding carboxylic acids is 1. The predicted molar refractivity (Wildman–Crippen MR) is 156 cm³/mol. The van der Waals surface area contributed by atoms with Crippen molar-refractivity contribution in [2.75, 3.05) is 13.2 Å². The van der Waals surface area contributed by atoms with Crippen molar-refractivity contribution in [1.82, 2.24) is 10.0 Å². The molecule has 1 N–H and O–H groups in total. The number of rotatable bonds is 15. The van der Waals surface area contributed by atoms with E-state index in [4.69, 9.17) is 19.0 Å². The number of hydrogen-bond donors (Lipinski definition) is 1. The molecule has 0 saturated heterocycles. The van der Waals surface area contributed by atoms with E-state index in [1.54, 1.807) is 5.06 Å². The van der Waals surface area contributed by atoms with E-state index in [9.17, 15) is 14.7 Å². The van der Waals surface area contributed by atoms with Gasteiger partial charge in [0.05, 0.1) is 24.9 Å². The number of aliphatic carboxylic acids is 1. The van der Waals surface area contributed by atoms with Gasteiger partial charge in [-0.05, 0) is 73.7 Å². The maximum Gasteiger partial charge on any atom is 0.303 e. The van der Waals surface area contributed by atoms with Gasteiger partial charge in [0, 0.05) is 24.9 Å². The number of carbonyl (C=O) groups is 2. The molecule has 0 unspecified atom stereocenters. The second-order valence-electron chi connectivity index (χ2n) is 10.0. The minimum atomic E-state index is -0.867. The van der Waals surface area contributed by atoms with Gasteiger partial charge >= 0.3 is 5.97 Å². The van der Waals surface area contributed by atoms with E-state index in [2.05, 4.69) is 24.3 Å². The van der Waals surface area contributed by atoms with Gasteiger partial charge < -0.3 is 19.1 Å². The van der Waals surface area contributed by atoms with Gasteiger partial charge in [-0.25, -0.2) is 4.98 Å². The Morgan fingerprint density at radius 3 is 2.46 bits per heavy atom. The Labute approximate surface area is 240 Å². The summed E-state index contributed by atoms with van der Waals surface area (Å²) in [5, 5.41) is 10.8. The van der Waals surface area contributed by atoms with Crippen molar-refractivity contribution in [2.24, 2.45) is 0 Å². The van der Waals surface area contributed by atoms with E-state index in [0.717, 1.165) is 45.6 Å². The number of aromatic nitrogens is 1. The highest BCUT2D eigenvalue weighted by Gasteiger charge is 2.15. The Bertz CT molecular complexity index is 1450. The van der Waals surface area contributed by atoms with Gasteiger partial charge in [0.15, 0.2) is 0 Å². The van der Waals surface area contributed by atoms with E-state index in [1.165, 1.54) is 0 Å². The fraction of sp³-hybridized carbons (Fsp3) is 0.303. The number of hydroxylamine groups is 2. The molecule has 0 radical (unpaired) electrons. The summed E-state index contributed by atoms with van der Waals surface area (Å²) in [4.78, 5) is 32.9. The Hall–Kier alpha value is -4.27. The summed E-state index contributed by atoms with van der Waals surface area (Å²) in [7, 11) is 0. The van der Waals surface area contributed by atoms with Crippen LogP contribution in [0.1, 0.15) is 42.8 Å². The molecule has 1 heterocycles. The fourth-order valence-corrected chi connectivity index (χ4v) is 4.55. The minimum Gasteiger partial charge on any atom is -0.493 e. The molecule has 1 aromatic heterocycles. The van der Waals surface area contributed by atoms with Crippen molar-refractivity contribution < 1.29 is 28.7 Å². The lowest BCUT2D eigenvalue weighted by atomic mass is 10.0. The summed E-state index contributed by atoms with van der Waals surface area (Å²) in [5.74, 6) is 1.09. The topological polar surface area (TPSA) is 102 Å². The van der Waals surface area contributed by atoms with Gasteiger partial charge in [0.25, 0.3) is 0 Å². The monoisotopic (exact) mass is 556 g/mol. The number of nitrogens with zero attached hydrogens (tertiary/aromatic N) is 2. The Morgan fingerprint density at radius 1 is 0.976 bits per heavy atom. The first-order valence-corrected chi connectivity index (χ1v) is 13.8. The zero-order valence-electron chi connectivity index (χ0n) is 23.7. The number of oxazole rings is 1. The van der Waals surface area contributed by atoms with E-state index in [0.29, 0.717) is 37.6 Å². The molecule has 0 atom stereocenters. The molecule has 4 aromatic rings. The van der Waals surface area contributed by atoms with Crippen LogP contribution in [0.4, 0.5) is 0 Å². The molecule has 0 spiro atoms. The van der Waals surface area contributed by atoms with Gasteiger partial charge in [-0.15, -0.1) is 0 Å². The molecule has 0 aliphatic carbocycles. The summed E-state index contributed by atoms with van der Waals surface area (Å²) in [6.07, 6.45) is 1.61. The molecule has 3 aromatic carbocycles. The largest absolute Gasteiger partial charge is 0.493 e. The Morgan fingerprint density at radius 2 is 1.73 bits per heavy atom. The normalized spacial score (nSPS) is 11.2. The molecule has 0 bridgehead atoms. The van der Waals surface area contributed by atoms with Crippen LogP contribution in [0.5, 0.6) is 5.75 Å². The quantitative estimate of drug-likeness (QED) is 0.135. The van der Waals surface area contributed by atoms with Gasteiger partial charge in [-0.3, -0.25) is 9.63 Å². The molecule has 8 nitrogen and oxygen atoms in total. The highest BCUT2D eigenvalue weighted by Crippen LogP contribution is 2.28. The molecular weight excluding hydrogens is 520 g/mol. The second-order valence-corrected chi connectivity index (χ2v) is 10.0. The SMILES string of the molecule is Cc1oc(-c2cccc(-c3ccccc3)c2)nc1CCOc1ccc(CCC(=O)O)c(CN(CC=O)OC(C)C)c1. The van der Waals surface area contributed by atoms with Crippen molar-refractivity contribution in [3.8, 4) is 28.3 Å². The van der Waals surface area contributed by atoms with Crippen LogP contribution in [-0.2, 0) is 33.8 Å². The summed E-state index contributed by atoms with van der Waals surface area (Å²) in [5.41, 5.74) is 5.68. The third kappa shape index (κ3) is 8.61. The maximum absolute atomic E-state index is 11.2. The van der Waals surface area contributed by atoms with Crippen LogP contribution in [0.2, 0.25) is 0 Å². The highest BCUT2D eigenvalue weighted by atomic mass is 16.7. The van der Waals surface area contributed by atoms with Crippen molar-refractivity contribution in [3.63, 3.8) is 0 Å². The number of carboxylic acid groups (broad SMARTS) is 1. The second kappa shape index (κ2) is 14.4. The maximum atomic E-state index is 11.2. The van der Waals surface area contributed by atoms with Crippen LogP contribution in [-0.4, -0.2) is 46.7 Å². The van der Waals surface area contributed by atoms with Crippen LogP contribution in [0, 0.1) is 6.92 Å². The van der Waals surface area contributed by atoms with Crippen molar-refractivity contribution >= 4 is 12.3 Å². The number of aldehydes is 1. The third-order valence-electron chi connectivity index (χ3n) is 6.49. The minimum absolute atomic E-state index is 0.00788. The summed E-state index contributed by atoms with van der Waals surface area (Å²) in [6.45, 7) is 6.49. The van der Waals surface area contributed by atoms with Gasteiger partial charge in [0.2, 0.25) is 5.89 Å². The van der Waals surface area contributed by atoms with Crippen molar-refractivity contribution in [2.45, 2.75) is 52.7 Å². The lowest BCUT2D eigenvalue weighted by molar-refractivity contribution is -0.192. The fourth-order valence-electron chi connectivity index (χ4n) is 4.55. The molecular formula is C33H36N2O6. The standard InChI is InChI=1S/C33H36N2O6/c1-23(2)41-35(17-18-36)22-29-21-30(14-12-26(29)13-15-32(37)38)39-19-16-31-24(3)40-33(34-31)28-11-7-10-27(20-28)25-8-5-4-6-9-25/h4-12,14,18,20-21,23H,13,15-17,19,22H2,1-3H3,(H,37,38).